The molecule has 1 N–H and O–H groups in total. The molecule has 2 rings (SSSR count). The molecular weight excluding hydrogens is 188 g/mol. The Bertz CT molecular complexity index is 409. The van der Waals surface area contributed by atoms with Crippen LogP contribution >= 0.6 is 0 Å². The normalized spacial score (nSPS) is 24.7. The van der Waals surface area contributed by atoms with E-state index < -0.39 is 5.60 Å². The molecule has 0 aromatic heterocycles. The van der Waals surface area contributed by atoms with Gasteiger partial charge in [-0.05, 0) is 17.5 Å². The number of carbonyl (C=O) groups excluding carboxylic acids is 1. The lowest BCUT2D eigenvalue weighted by atomic mass is 9.76. The van der Waals surface area contributed by atoms with Crippen molar-refractivity contribution < 1.29 is 9.90 Å². The van der Waals surface area contributed by atoms with E-state index in [4.69, 9.17) is 0 Å². The Morgan fingerprint density at radius 2 is 2.13 bits per heavy atom. The van der Waals surface area contributed by atoms with Crippen LogP contribution in [-0.2, 0) is 16.8 Å². The van der Waals surface area contributed by atoms with Crippen LogP contribution in [0.2, 0.25) is 0 Å². The van der Waals surface area contributed by atoms with Crippen molar-refractivity contribution in [3.05, 3.63) is 48.0 Å². The third kappa shape index (κ3) is 1.51. The van der Waals surface area contributed by atoms with Crippen LogP contribution in [-0.4, -0.2) is 10.9 Å². The second-order valence-corrected chi connectivity index (χ2v) is 3.93. The molecule has 1 atom stereocenters. The lowest BCUT2D eigenvalue weighted by molar-refractivity contribution is -0.139. The Hall–Kier alpha value is -1.41. The van der Waals surface area contributed by atoms with Gasteiger partial charge in [0, 0.05) is 12.8 Å². The van der Waals surface area contributed by atoms with Gasteiger partial charge in [0.15, 0.2) is 11.4 Å². The average Bonchev–Trinajstić information content (AvgIpc) is 2.25. The first-order valence-electron chi connectivity index (χ1n) is 5.13. The van der Waals surface area contributed by atoms with Gasteiger partial charge >= 0.3 is 0 Å². The third-order valence-electron chi connectivity index (χ3n) is 2.99. The molecule has 2 heteroatoms. The highest BCUT2D eigenvalue weighted by atomic mass is 16.3. The smallest absolute Gasteiger partial charge is 0.169 e. The van der Waals surface area contributed by atoms with Crippen molar-refractivity contribution >= 4 is 5.78 Å². The van der Waals surface area contributed by atoms with Gasteiger partial charge in [0.05, 0.1) is 0 Å². The van der Waals surface area contributed by atoms with E-state index in [9.17, 15) is 9.90 Å². The lowest BCUT2D eigenvalue weighted by Gasteiger charge is -2.32. The number of benzene rings is 1. The maximum Gasteiger partial charge on any atom is 0.169 e. The highest BCUT2D eigenvalue weighted by Gasteiger charge is 2.40. The van der Waals surface area contributed by atoms with Gasteiger partial charge in [0.1, 0.15) is 0 Å². The van der Waals surface area contributed by atoms with E-state index in [2.05, 4.69) is 6.58 Å². The summed E-state index contributed by atoms with van der Waals surface area (Å²) in [5, 5.41) is 10.4. The predicted octanol–water partition coefficient (Wildman–Crippen LogP) is 1.97. The summed E-state index contributed by atoms with van der Waals surface area (Å²) in [5.74, 6) is -0.0962. The highest BCUT2D eigenvalue weighted by Crippen LogP contribution is 2.35. The van der Waals surface area contributed by atoms with Gasteiger partial charge < -0.3 is 5.11 Å². The Morgan fingerprint density at radius 1 is 1.40 bits per heavy atom. The molecule has 0 heterocycles. The molecule has 15 heavy (non-hydrogen) atoms. The lowest BCUT2D eigenvalue weighted by Crippen LogP contribution is -2.39. The minimum Gasteiger partial charge on any atom is -0.377 e. The topological polar surface area (TPSA) is 37.3 Å². The number of aryl methyl sites for hydroxylation is 1. The second kappa shape index (κ2) is 3.63. The fourth-order valence-electron chi connectivity index (χ4n) is 2.18. The van der Waals surface area contributed by atoms with Crippen molar-refractivity contribution in [2.24, 2.45) is 0 Å². The van der Waals surface area contributed by atoms with Crippen LogP contribution in [0.3, 0.4) is 0 Å². The quantitative estimate of drug-likeness (QED) is 0.744. The van der Waals surface area contributed by atoms with E-state index in [1.54, 1.807) is 6.08 Å². The Kier molecular flexibility index (Phi) is 2.45. The van der Waals surface area contributed by atoms with Gasteiger partial charge in [0.2, 0.25) is 0 Å². The summed E-state index contributed by atoms with van der Waals surface area (Å²) in [6, 6.07) is 7.58. The number of fused-ring (bicyclic) bond motifs is 1. The summed E-state index contributed by atoms with van der Waals surface area (Å²) >= 11 is 0. The standard InChI is InChI=1S/C13H14O2/c1-2-9-13(15)11-6-4-3-5-10(11)7-8-12(13)14/h2-6,15H,1,7-9H2. The molecule has 1 unspecified atom stereocenters. The Labute approximate surface area is 89.2 Å². The first kappa shape index (κ1) is 10.1. The number of ketones is 1. The molecule has 1 aliphatic rings. The number of hydrogen-bond acceptors (Lipinski definition) is 2. The van der Waals surface area contributed by atoms with E-state index in [-0.39, 0.29) is 5.78 Å². The van der Waals surface area contributed by atoms with Gasteiger partial charge in [-0.15, -0.1) is 6.58 Å². The SMILES string of the molecule is C=CCC1(O)C(=O)CCc2ccccc21. The first-order valence-corrected chi connectivity index (χ1v) is 5.13. The van der Waals surface area contributed by atoms with Crippen LogP contribution < -0.4 is 0 Å². The molecule has 0 saturated carbocycles. The van der Waals surface area contributed by atoms with Crippen LogP contribution in [0, 0.1) is 0 Å². The zero-order chi connectivity index (χ0) is 10.9. The molecule has 0 saturated heterocycles. The van der Waals surface area contributed by atoms with Gasteiger partial charge in [-0.3, -0.25) is 4.79 Å². The zero-order valence-electron chi connectivity index (χ0n) is 8.57. The molecule has 1 aliphatic carbocycles. The van der Waals surface area contributed by atoms with E-state index in [0.717, 1.165) is 17.5 Å². The Balaban J connectivity index is 2.54. The summed E-state index contributed by atoms with van der Waals surface area (Å²) in [7, 11) is 0. The van der Waals surface area contributed by atoms with E-state index in [1.165, 1.54) is 0 Å². The molecule has 0 radical (unpaired) electrons. The van der Waals surface area contributed by atoms with E-state index in [1.807, 2.05) is 24.3 Å². The largest absolute Gasteiger partial charge is 0.377 e. The molecular formula is C13H14O2. The van der Waals surface area contributed by atoms with Crippen LogP contribution in [0.25, 0.3) is 0 Å². The zero-order valence-corrected chi connectivity index (χ0v) is 8.57. The summed E-state index contributed by atoms with van der Waals surface area (Å²) < 4.78 is 0. The number of rotatable bonds is 2. The summed E-state index contributed by atoms with van der Waals surface area (Å²) in [6.07, 6.45) is 3.04. The fraction of sp³-hybridized carbons (Fsp3) is 0.308. The van der Waals surface area contributed by atoms with Crippen molar-refractivity contribution in [2.45, 2.75) is 24.9 Å². The second-order valence-electron chi connectivity index (χ2n) is 3.93. The Morgan fingerprint density at radius 3 is 2.87 bits per heavy atom. The number of carbonyl (C=O) groups is 1. The molecule has 0 spiro atoms. The molecule has 0 aliphatic heterocycles. The van der Waals surface area contributed by atoms with Gasteiger partial charge in [-0.1, -0.05) is 30.3 Å². The van der Waals surface area contributed by atoms with Gasteiger partial charge in [-0.25, -0.2) is 0 Å². The number of aliphatic hydroxyl groups is 1. The summed E-state index contributed by atoms with van der Waals surface area (Å²) in [5.41, 5.74) is 0.485. The first-order chi connectivity index (χ1) is 7.18. The fourth-order valence-corrected chi connectivity index (χ4v) is 2.18. The molecule has 0 fully saturated rings. The highest BCUT2D eigenvalue weighted by molar-refractivity contribution is 5.90. The molecule has 1 aromatic rings. The molecule has 0 amide bonds. The molecule has 2 nitrogen and oxygen atoms in total. The van der Waals surface area contributed by atoms with Crippen molar-refractivity contribution in [3.63, 3.8) is 0 Å². The van der Waals surface area contributed by atoms with Crippen LogP contribution in [0.15, 0.2) is 36.9 Å². The molecule has 78 valence electrons. The van der Waals surface area contributed by atoms with Crippen LogP contribution in [0.5, 0.6) is 0 Å². The summed E-state index contributed by atoms with van der Waals surface area (Å²) in [4.78, 5) is 11.8. The van der Waals surface area contributed by atoms with Crippen molar-refractivity contribution in [3.8, 4) is 0 Å². The van der Waals surface area contributed by atoms with E-state index in [0.29, 0.717) is 12.8 Å². The van der Waals surface area contributed by atoms with Crippen molar-refractivity contribution in [2.75, 3.05) is 0 Å². The summed E-state index contributed by atoms with van der Waals surface area (Å²) in [6.45, 7) is 3.60. The van der Waals surface area contributed by atoms with Crippen molar-refractivity contribution in [1.82, 2.24) is 0 Å². The van der Waals surface area contributed by atoms with Gasteiger partial charge in [0.25, 0.3) is 0 Å². The average molecular weight is 202 g/mol. The molecule has 0 bridgehead atoms. The van der Waals surface area contributed by atoms with Gasteiger partial charge in [-0.2, -0.15) is 0 Å². The third-order valence-corrected chi connectivity index (χ3v) is 2.99. The maximum absolute atomic E-state index is 11.8. The van der Waals surface area contributed by atoms with Crippen molar-refractivity contribution in [1.29, 1.82) is 0 Å². The van der Waals surface area contributed by atoms with Crippen LogP contribution in [0.4, 0.5) is 0 Å². The monoisotopic (exact) mass is 202 g/mol. The predicted molar refractivity (Wildman–Crippen MR) is 58.5 cm³/mol. The minimum absolute atomic E-state index is 0.0962. The van der Waals surface area contributed by atoms with E-state index >= 15 is 0 Å². The minimum atomic E-state index is -1.34. The van der Waals surface area contributed by atoms with Crippen LogP contribution in [0.1, 0.15) is 24.0 Å². The molecule has 1 aromatic carbocycles. The number of Topliss-reactive ketones (excluding diaryl/α,β-unsaturated/α-hetero) is 1. The number of hydrogen-bond donors (Lipinski definition) is 1. The maximum atomic E-state index is 11.8.